The monoisotopic (exact) mass is 526 g/mol. The first-order chi connectivity index (χ1) is 17.5. The van der Waals surface area contributed by atoms with E-state index in [2.05, 4.69) is 5.11 Å². The lowest BCUT2D eigenvalue weighted by atomic mass is 9.23. The minimum Gasteiger partial charge on any atom is -0.288 e. The van der Waals surface area contributed by atoms with E-state index in [1.165, 1.54) is 48.5 Å². The van der Waals surface area contributed by atoms with Crippen molar-refractivity contribution < 1.29 is 48.5 Å². The molecule has 5 rings (SSSR count). The van der Waals surface area contributed by atoms with E-state index in [1.54, 1.807) is 0 Å². The highest BCUT2D eigenvalue weighted by atomic mass is 19.2. The summed E-state index contributed by atoms with van der Waals surface area (Å²) < 4.78 is 148. The number of halogens is 10. The van der Waals surface area contributed by atoms with Crippen LogP contribution in [0.1, 0.15) is 0 Å². The number of nitrogens with zero attached hydrogens (tertiary/aromatic N) is 2. The van der Waals surface area contributed by atoms with Gasteiger partial charge in [-0.25, -0.2) is 43.9 Å². The fourth-order valence-corrected chi connectivity index (χ4v) is 4.81. The Bertz CT molecular complexity index is 1510. The quantitative estimate of drug-likeness (QED) is 0.145. The van der Waals surface area contributed by atoms with Crippen molar-refractivity contribution in [1.29, 1.82) is 0 Å². The van der Waals surface area contributed by atoms with E-state index in [0.717, 1.165) is 6.07 Å². The lowest BCUT2D eigenvalue weighted by molar-refractivity contribution is -0.364. The molecule has 0 spiro atoms. The van der Waals surface area contributed by atoms with Crippen molar-refractivity contribution in [1.82, 2.24) is 0 Å². The fourth-order valence-electron chi connectivity index (χ4n) is 4.81. The van der Waals surface area contributed by atoms with Crippen LogP contribution >= 0.6 is 0 Å². The van der Waals surface area contributed by atoms with Crippen molar-refractivity contribution in [2.45, 2.75) is 0 Å². The second-order valence-corrected chi connectivity index (χ2v) is 8.13. The van der Waals surface area contributed by atoms with E-state index in [1.807, 2.05) is 0 Å². The third-order valence-corrected chi connectivity index (χ3v) is 6.31. The molecule has 188 valence electrons. The fraction of sp³-hybridized carbons (Fsp3) is 0. The van der Waals surface area contributed by atoms with Crippen LogP contribution < -0.4 is 16.4 Å². The zero-order valence-electron chi connectivity index (χ0n) is 17.9. The summed E-state index contributed by atoms with van der Waals surface area (Å²) in [5.74, 6) is -25.3. The largest absolute Gasteiger partial charge is 0.400 e. The lowest BCUT2D eigenvalue weighted by Gasteiger charge is -2.34. The highest BCUT2D eigenvalue weighted by Gasteiger charge is 2.59. The molecule has 0 aliphatic carbocycles. The average Bonchev–Trinajstić information content (AvgIpc) is 3.24. The van der Waals surface area contributed by atoms with Crippen LogP contribution in [0.4, 0.5) is 55.3 Å². The molecule has 13 heteroatoms. The number of rotatable bonds is 3. The number of benzene rings is 4. The molecular weight excluding hydrogens is 517 g/mol. The molecule has 0 saturated heterocycles. The van der Waals surface area contributed by atoms with Crippen LogP contribution in [0.5, 0.6) is 0 Å². The predicted octanol–water partition coefficient (Wildman–Crippen LogP) is 5.49. The van der Waals surface area contributed by atoms with E-state index >= 15 is 17.6 Å². The first kappa shape index (κ1) is 24.5. The van der Waals surface area contributed by atoms with Gasteiger partial charge in [-0.15, -0.1) is 0 Å². The maximum absolute atomic E-state index is 15.4. The summed E-state index contributed by atoms with van der Waals surface area (Å²) in [6.45, 7) is 0. The minimum atomic E-state index is -4.40. The normalized spacial score (nSPS) is 14.1. The van der Waals surface area contributed by atoms with Crippen molar-refractivity contribution >= 4 is 34.0 Å². The van der Waals surface area contributed by atoms with Crippen LogP contribution in [0.15, 0.2) is 59.7 Å². The molecule has 0 bridgehead atoms. The third kappa shape index (κ3) is 3.15. The van der Waals surface area contributed by atoms with E-state index in [9.17, 15) is 26.3 Å². The minimum absolute atomic E-state index is 0.216. The molecule has 1 heterocycles. The van der Waals surface area contributed by atoms with Gasteiger partial charge < -0.3 is 0 Å². The Hall–Kier alpha value is -4.16. The second-order valence-electron chi connectivity index (χ2n) is 8.13. The Balaban J connectivity index is 2.12. The van der Waals surface area contributed by atoms with Crippen molar-refractivity contribution in [3.05, 3.63) is 113 Å². The average molecular weight is 526 g/mol. The highest BCUT2D eigenvalue weighted by Crippen LogP contribution is 2.34. The van der Waals surface area contributed by atoms with Crippen LogP contribution in [0.25, 0.3) is 0 Å². The van der Waals surface area contributed by atoms with Gasteiger partial charge in [-0.05, 0) is 17.0 Å². The van der Waals surface area contributed by atoms with E-state index in [0.29, 0.717) is 4.61 Å². The first-order valence-electron chi connectivity index (χ1n) is 10.4. The van der Waals surface area contributed by atoms with Gasteiger partial charge in [0.15, 0.2) is 40.6 Å². The summed E-state index contributed by atoms with van der Waals surface area (Å²) in [6.07, 6.45) is -4.40. The summed E-state index contributed by atoms with van der Waals surface area (Å²) in [7, 11) is 0. The van der Waals surface area contributed by atoms with Crippen molar-refractivity contribution in [2.24, 2.45) is 5.11 Å². The Morgan fingerprint density at radius 2 is 0.838 bits per heavy atom. The lowest BCUT2D eigenvalue weighted by Crippen LogP contribution is -2.75. The van der Waals surface area contributed by atoms with Gasteiger partial charge in [-0.2, -0.15) is 0 Å². The molecule has 1 aliphatic heterocycles. The van der Waals surface area contributed by atoms with Gasteiger partial charge in [0, 0.05) is 12.1 Å². The van der Waals surface area contributed by atoms with Gasteiger partial charge in [0.2, 0.25) is 0 Å². The maximum atomic E-state index is 15.4. The summed E-state index contributed by atoms with van der Waals surface area (Å²) in [5.41, 5.74) is -4.72. The first-order valence-corrected chi connectivity index (χ1v) is 10.4. The summed E-state index contributed by atoms with van der Waals surface area (Å²) in [5, 5.41) is 4.07. The second kappa shape index (κ2) is 8.46. The molecule has 1 aliphatic rings. The summed E-state index contributed by atoms with van der Waals surface area (Å²) in [4.78, 5) is 0. The van der Waals surface area contributed by atoms with Crippen molar-refractivity contribution in [2.75, 3.05) is 0 Å². The van der Waals surface area contributed by atoms with E-state index < -0.39 is 80.8 Å². The maximum Gasteiger partial charge on any atom is 0.400 e. The predicted molar refractivity (Wildman–Crippen MR) is 112 cm³/mol. The van der Waals surface area contributed by atoms with Crippen LogP contribution in [-0.4, -0.2) is 10.9 Å². The Morgan fingerprint density at radius 3 is 1.30 bits per heavy atom. The van der Waals surface area contributed by atoms with Gasteiger partial charge in [0.05, 0.1) is 5.69 Å². The molecule has 0 amide bonds. The topological polar surface area (TPSA) is 15.4 Å². The number of azo groups is 1. The molecule has 0 saturated carbocycles. The van der Waals surface area contributed by atoms with Crippen molar-refractivity contribution in [3.63, 3.8) is 0 Å². The molecule has 37 heavy (non-hydrogen) atoms. The third-order valence-electron chi connectivity index (χ3n) is 6.31. The van der Waals surface area contributed by atoms with E-state index in [-0.39, 0.29) is 11.4 Å². The SMILES string of the molecule is Fc1c(F)c(F)c([B-]2(c3c(F)c(F)c(F)c(F)c3F)c3ccccc3N=[N+]2c2ccccc2)c(F)c1F. The molecule has 0 unspecified atom stereocenters. The van der Waals surface area contributed by atoms with Gasteiger partial charge in [-0.1, -0.05) is 47.0 Å². The van der Waals surface area contributed by atoms with E-state index in [4.69, 9.17) is 0 Å². The molecule has 0 radical (unpaired) electrons. The number of hydrogen-bond acceptors (Lipinski definition) is 1. The molecule has 0 atom stereocenters. The molecule has 2 nitrogen and oxygen atoms in total. The molecule has 0 fully saturated rings. The van der Waals surface area contributed by atoms with Gasteiger partial charge in [-0.3, -0.25) is 4.61 Å². The van der Waals surface area contributed by atoms with Crippen molar-refractivity contribution in [3.8, 4) is 0 Å². The standard InChI is InChI=1S/C24H9BF10N2/c26-15-13(16(27)20(31)23(34)19(15)30)25(14-17(28)21(32)24(35)22(33)18(14)29)11-8-4-5-9-12(11)36-37(25)10-6-2-1-3-7-10/h1-9H. The van der Waals surface area contributed by atoms with Crippen LogP contribution in [0.3, 0.4) is 0 Å². The van der Waals surface area contributed by atoms with Crippen LogP contribution in [-0.2, 0) is 0 Å². The smallest absolute Gasteiger partial charge is 0.288 e. The Labute approximate surface area is 201 Å². The molecule has 4 aromatic rings. The molecule has 0 aromatic heterocycles. The zero-order chi connectivity index (χ0) is 26.8. The molecule has 0 N–H and O–H groups in total. The van der Waals surface area contributed by atoms with Gasteiger partial charge in [0.25, 0.3) is 0 Å². The number of hydrogen-bond donors (Lipinski definition) is 0. The number of para-hydroxylation sites is 1. The number of fused-ring (bicyclic) bond motifs is 1. The van der Waals surface area contributed by atoms with Crippen LogP contribution in [0.2, 0.25) is 0 Å². The zero-order valence-corrected chi connectivity index (χ0v) is 17.9. The molecular formula is C24H9BF10N2. The molecule has 4 aromatic carbocycles. The Kier molecular flexibility index (Phi) is 5.61. The van der Waals surface area contributed by atoms with Crippen LogP contribution in [0, 0.1) is 58.2 Å². The summed E-state index contributed by atoms with van der Waals surface area (Å²) >= 11 is 0. The van der Waals surface area contributed by atoms with Gasteiger partial charge in [0.1, 0.15) is 23.3 Å². The highest BCUT2D eigenvalue weighted by molar-refractivity contribution is 7.07. The Morgan fingerprint density at radius 1 is 0.459 bits per heavy atom. The van der Waals surface area contributed by atoms with Gasteiger partial charge >= 0.3 is 6.28 Å². The summed E-state index contributed by atoms with van der Waals surface area (Å²) in [6, 6.07) is 11.2.